The van der Waals surface area contributed by atoms with Gasteiger partial charge in [0.2, 0.25) is 0 Å². The molecule has 0 saturated carbocycles. The summed E-state index contributed by atoms with van der Waals surface area (Å²) in [6, 6.07) is 0. The molecule has 3 N–H and O–H groups in total. The van der Waals surface area contributed by atoms with Crippen LogP contribution in [0.2, 0.25) is 0 Å². The molecule has 0 amide bonds. The minimum absolute atomic E-state index is 1.03. The third-order valence-corrected chi connectivity index (χ3v) is 2.06. The van der Waals surface area contributed by atoms with Crippen LogP contribution in [0, 0.1) is 0 Å². The van der Waals surface area contributed by atoms with Gasteiger partial charge in [0.05, 0.1) is 0 Å². The molecule has 11 heavy (non-hydrogen) atoms. The van der Waals surface area contributed by atoms with Gasteiger partial charge in [0.15, 0.2) is 0 Å². The molecule has 0 radical (unpaired) electrons. The Labute approximate surface area is 71.3 Å². The van der Waals surface area contributed by atoms with Crippen molar-refractivity contribution in [1.82, 2.24) is 4.83 Å². The Balaban J connectivity index is 2.64. The molecule has 2 nitrogen and oxygen atoms in total. The summed E-state index contributed by atoms with van der Waals surface area (Å²) >= 11 is 1.43. The van der Waals surface area contributed by atoms with E-state index in [1.54, 1.807) is 0 Å². The summed E-state index contributed by atoms with van der Waals surface area (Å²) in [5, 5.41) is 0. The fraction of sp³-hybridized carbons (Fsp3) is 0.250. The zero-order valence-electron chi connectivity index (χ0n) is 6.50. The molecule has 0 unspecified atom stereocenters. The van der Waals surface area contributed by atoms with Crippen LogP contribution in [-0.2, 0) is 0 Å². The summed E-state index contributed by atoms with van der Waals surface area (Å²) in [6.07, 6.45) is 9.40. The van der Waals surface area contributed by atoms with Gasteiger partial charge in [-0.25, -0.2) is 0 Å². The maximum Gasteiger partial charge on any atom is 0.0237 e. The lowest BCUT2D eigenvalue weighted by Crippen LogP contribution is -2.11. The highest BCUT2D eigenvalue weighted by atomic mass is 32.2. The number of hydrogen-bond donors (Lipinski definition) is 2. The van der Waals surface area contributed by atoms with Crippen molar-refractivity contribution in [2.24, 2.45) is 5.84 Å². The topological polar surface area (TPSA) is 38.0 Å². The Hall–Kier alpha value is -0.510. The maximum absolute atomic E-state index is 5.16. The monoisotopic (exact) mass is 168 g/mol. The van der Waals surface area contributed by atoms with Gasteiger partial charge >= 0.3 is 0 Å². The molecule has 0 fully saturated rings. The lowest BCUT2D eigenvalue weighted by atomic mass is 10.2. The van der Waals surface area contributed by atoms with Crippen LogP contribution in [-0.4, -0.2) is 0 Å². The Morgan fingerprint density at radius 3 is 3.09 bits per heavy atom. The predicted molar refractivity (Wildman–Crippen MR) is 50.5 cm³/mol. The van der Waals surface area contributed by atoms with Gasteiger partial charge in [0.25, 0.3) is 0 Å². The van der Waals surface area contributed by atoms with E-state index < -0.39 is 0 Å². The standard InChI is InChI=1S/C8H12N2S/c1-7-3-2-4-8(6-5-7)11-10-9/h2,4-6,10H,3,9H2,1H3. The van der Waals surface area contributed by atoms with Crippen molar-refractivity contribution in [2.45, 2.75) is 13.3 Å². The first-order valence-corrected chi connectivity index (χ1v) is 4.31. The van der Waals surface area contributed by atoms with Crippen molar-refractivity contribution in [3.05, 3.63) is 34.8 Å². The summed E-state index contributed by atoms with van der Waals surface area (Å²) in [4.78, 5) is 3.69. The molecule has 0 bridgehead atoms. The molecule has 1 rings (SSSR count). The number of nitrogens with one attached hydrogen (secondary N) is 1. The first-order chi connectivity index (χ1) is 5.33. The average molecular weight is 168 g/mol. The van der Waals surface area contributed by atoms with Crippen LogP contribution in [0.3, 0.4) is 0 Å². The molecule has 0 atom stereocenters. The highest BCUT2D eigenvalue weighted by Crippen LogP contribution is 2.17. The molecule has 3 heteroatoms. The van der Waals surface area contributed by atoms with Crippen molar-refractivity contribution in [2.75, 3.05) is 0 Å². The van der Waals surface area contributed by atoms with Gasteiger partial charge in [0.1, 0.15) is 0 Å². The molecule has 0 aromatic carbocycles. The van der Waals surface area contributed by atoms with Gasteiger partial charge in [-0.2, -0.15) is 4.83 Å². The lowest BCUT2D eigenvalue weighted by Gasteiger charge is -1.95. The molecular formula is C8H12N2S. The fourth-order valence-corrected chi connectivity index (χ4v) is 1.28. The van der Waals surface area contributed by atoms with Gasteiger partial charge in [-0.15, -0.1) is 0 Å². The molecule has 0 heterocycles. The second-order valence-corrected chi connectivity index (χ2v) is 3.32. The van der Waals surface area contributed by atoms with Crippen molar-refractivity contribution < 1.29 is 0 Å². The van der Waals surface area contributed by atoms with E-state index in [0.717, 1.165) is 11.3 Å². The minimum Gasteiger partial charge on any atom is -0.261 e. The molecule has 0 aromatic heterocycles. The van der Waals surface area contributed by atoms with Crippen LogP contribution in [0.1, 0.15) is 13.3 Å². The van der Waals surface area contributed by atoms with Crippen molar-refractivity contribution >= 4 is 11.9 Å². The van der Waals surface area contributed by atoms with Crippen LogP contribution in [0.4, 0.5) is 0 Å². The predicted octanol–water partition coefficient (Wildman–Crippen LogP) is 1.89. The second-order valence-electron chi connectivity index (χ2n) is 2.41. The zero-order chi connectivity index (χ0) is 8.10. The third-order valence-electron chi connectivity index (χ3n) is 1.43. The van der Waals surface area contributed by atoms with Crippen LogP contribution in [0.25, 0.3) is 0 Å². The molecule has 0 aromatic rings. The van der Waals surface area contributed by atoms with Crippen LogP contribution in [0.5, 0.6) is 0 Å². The summed E-state index contributed by atoms with van der Waals surface area (Å²) in [5.74, 6) is 5.16. The highest BCUT2D eigenvalue weighted by molar-refractivity contribution is 8.01. The molecule has 1 aliphatic carbocycles. The first kappa shape index (κ1) is 8.59. The number of allylic oxidation sites excluding steroid dienone is 5. The van der Waals surface area contributed by atoms with Gasteiger partial charge in [-0.05, 0) is 31.4 Å². The molecule has 0 spiro atoms. The van der Waals surface area contributed by atoms with Gasteiger partial charge in [-0.1, -0.05) is 23.8 Å². The summed E-state index contributed by atoms with van der Waals surface area (Å²) in [7, 11) is 0. The first-order valence-electron chi connectivity index (χ1n) is 3.49. The minimum atomic E-state index is 1.03. The van der Waals surface area contributed by atoms with E-state index in [-0.39, 0.29) is 0 Å². The zero-order valence-corrected chi connectivity index (χ0v) is 7.32. The van der Waals surface area contributed by atoms with E-state index in [1.807, 2.05) is 0 Å². The number of rotatable bonds is 2. The Morgan fingerprint density at radius 1 is 1.55 bits per heavy atom. The summed E-state index contributed by atoms with van der Waals surface area (Å²) in [5.41, 5.74) is 1.37. The quantitative estimate of drug-likeness (QED) is 0.375. The maximum atomic E-state index is 5.16. The summed E-state index contributed by atoms with van der Waals surface area (Å²) in [6.45, 7) is 2.12. The highest BCUT2D eigenvalue weighted by Gasteiger charge is 1.94. The molecule has 60 valence electrons. The molecule has 0 saturated heterocycles. The van der Waals surface area contributed by atoms with Crippen molar-refractivity contribution in [1.29, 1.82) is 0 Å². The SMILES string of the molecule is CC1=CC=C(SNN)C=CC1. The number of hydrogen-bond acceptors (Lipinski definition) is 3. The lowest BCUT2D eigenvalue weighted by molar-refractivity contribution is 1.12. The molecule has 1 aliphatic rings. The third kappa shape index (κ3) is 2.93. The summed E-state index contributed by atoms with van der Waals surface area (Å²) < 4.78 is 0. The van der Waals surface area contributed by atoms with E-state index >= 15 is 0 Å². The Morgan fingerprint density at radius 2 is 2.36 bits per heavy atom. The average Bonchev–Trinajstić information content (AvgIpc) is 2.17. The molecule has 0 aliphatic heterocycles. The van der Waals surface area contributed by atoms with Gasteiger partial charge in [0, 0.05) is 4.91 Å². The van der Waals surface area contributed by atoms with Gasteiger partial charge < -0.3 is 0 Å². The van der Waals surface area contributed by atoms with E-state index in [1.165, 1.54) is 17.5 Å². The van der Waals surface area contributed by atoms with Crippen molar-refractivity contribution in [3.8, 4) is 0 Å². The second kappa shape index (κ2) is 4.38. The number of hydrazine groups is 1. The smallest absolute Gasteiger partial charge is 0.0237 e. The van der Waals surface area contributed by atoms with Gasteiger partial charge in [-0.3, -0.25) is 5.84 Å². The van der Waals surface area contributed by atoms with Crippen LogP contribution < -0.4 is 10.7 Å². The Kier molecular flexibility index (Phi) is 3.42. The van der Waals surface area contributed by atoms with Crippen molar-refractivity contribution in [3.63, 3.8) is 0 Å². The van der Waals surface area contributed by atoms with Crippen LogP contribution >= 0.6 is 11.9 Å². The van der Waals surface area contributed by atoms with E-state index in [0.29, 0.717) is 0 Å². The van der Waals surface area contributed by atoms with E-state index in [9.17, 15) is 0 Å². The molecular weight excluding hydrogens is 156 g/mol. The largest absolute Gasteiger partial charge is 0.261 e. The Bertz CT molecular complexity index is 216. The normalized spacial score (nSPS) is 17.3. The fourth-order valence-electron chi connectivity index (χ4n) is 0.845. The number of nitrogens with two attached hydrogens (primary N) is 1. The van der Waals surface area contributed by atoms with E-state index in [2.05, 4.69) is 36.1 Å². The van der Waals surface area contributed by atoms with E-state index in [4.69, 9.17) is 5.84 Å². The van der Waals surface area contributed by atoms with Crippen LogP contribution in [0.15, 0.2) is 34.8 Å².